The second-order valence-electron chi connectivity index (χ2n) is 10.7. The highest BCUT2D eigenvalue weighted by atomic mass is 35.5. The molecule has 0 spiro atoms. The second kappa shape index (κ2) is 10.5. The Morgan fingerprint density at radius 3 is 2.15 bits per heavy atom. The van der Waals surface area contributed by atoms with Gasteiger partial charge in [0.05, 0.1) is 16.8 Å². The maximum Gasteiger partial charge on any atom is 0.265 e. The van der Waals surface area contributed by atoms with E-state index in [9.17, 15) is 4.79 Å². The SMILES string of the molecule is O=C1COc2cc(-c3cccc4ccccc34)c(Cl)cc2N1CC1CN(C(c2ccccc2)c2ccccc2)C1. The third-order valence-electron chi connectivity index (χ3n) is 8.09. The molecule has 4 nitrogen and oxygen atoms in total. The predicted molar refractivity (Wildman–Crippen MR) is 162 cm³/mol. The van der Waals surface area contributed by atoms with Crippen LogP contribution < -0.4 is 9.64 Å². The summed E-state index contributed by atoms with van der Waals surface area (Å²) in [5.41, 5.74) is 5.29. The highest BCUT2D eigenvalue weighted by Crippen LogP contribution is 2.43. The number of anilines is 1. The molecule has 0 bridgehead atoms. The van der Waals surface area contributed by atoms with Crippen molar-refractivity contribution in [2.75, 3.05) is 31.1 Å². The Kier molecular flexibility index (Phi) is 6.51. The van der Waals surface area contributed by atoms with Gasteiger partial charge in [0, 0.05) is 31.1 Å². The predicted octanol–water partition coefficient (Wildman–Crippen LogP) is 7.61. The Morgan fingerprint density at radius 1 is 0.775 bits per heavy atom. The van der Waals surface area contributed by atoms with E-state index in [1.807, 2.05) is 35.2 Å². The number of benzene rings is 5. The van der Waals surface area contributed by atoms with Crippen molar-refractivity contribution < 1.29 is 9.53 Å². The fourth-order valence-corrected chi connectivity index (χ4v) is 6.43. The molecule has 1 amide bonds. The maximum absolute atomic E-state index is 13.1. The number of fused-ring (bicyclic) bond motifs is 2. The molecule has 5 aromatic carbocycles. The molecule has 0 unspecified atom stereocenters. The average Bonchev–Trinajstić information content (AvgIpc) is 2.98. The van der Waals surface area contributed by atoms with Crippen LogP contribution in [0.25, 0.3) is 21.9 Å². The van der Waals surface area contributed by atoms with Crippen molar-refractivity contribution in [2.24, 2.45) is 5.92 Å². The molecule has 0 radical (unpaired) electrons. The summed E-state index contributed by atoms with van der Waals surface area (Å²) in [6, 6.07) is 39.9. The molecule has 0 aliphatic carbocycles. The number of nitrogens with zero attached hydrogens (tertiary/aromatic N) is 2. The molecule has 1 saturated heterocycles. The second-order valence-corrected chi connectivity index (χ2v) is 11.1. The van der Waals surface area contributed by atoms with E-state index in [4.69, 9.17) is 16.3 Å². The van der Waals surface area contributed by atoms with E-state index in [0.717, 1.165) is 40.7 Å². The smallest absolute Gasteiger partial charge is 0.265 e. The zero-order valence-electron chi connectivity index (χ0n) is 22.0. The van der Waals surface area contributed by atoms with Crippen LogP contribution in [0.5, 0.6) is 5.75 Å². The summed E-state index contributed by atoms with van der Waals surface area (Å²) >= 11 is 6.89. The van der Waals surface area contributed by atoms with Crippen LogP contribution in [0.3, 0.4) is 0 Å². The Balaban J connectivity index is 1.14. The fourth-order valence-electron chi connectivity index (χ4n) is 6.17. The lowest BCUT2D eigenvalue weighted by molar-refractivity contribution is -0.121. The van der Waals surface area contributed by atoms with Gasteiger partial charge < -0.3 is 9.64 Å². The van der Waals surface area contributed by atoms with E-state index in [1.54, 1.807) is 0 Å². The molecule has 0 saturated carbocycles. The summed E-state index contributed by atoms with van der Waals surface area (Å²) in [5, 5.41) is 2.91. The van der Waals surface area contributed by atoms with Crippen molar-refractivity contribution >= 4 is 34.0 Å². The van der Waals surface area contributed by atoms with Gasteiger partial charge in [-0.15, -0.1) is 0 Å². The van der Waals surface area contributed by atoms with E-state index in [-0.39, 0.29) is 18.6 Å². The van der Waals surface area contributed by atoms with Gasteiger partial charge in [0.15, 0.2) is 6.61 Å². The van der Waals surface area contributed by atoms with Crippen LogP contribution in [0.15, 0.2) is 115 Å². The summed E-state index contributed by atoms with van der Waals surface area (Å²) < 4.78 is 5.94. The van der Waals surface area contributed by atoms with Crippen LogP contribution >= 0.6 is 11.6 Å². The van der Waals surface area contributed by atoms with Crippen LogP contribution in [0.4, 0.5) is 5.69 Å². The lowest BCUT2D eigenvalue weighted by atomic mass is 9.89. The molecule has 40 heavy (non-hydrogen) atoms. The molecule has 2 aliphatic rings. The summed E-state index contributed by atoms with van der Waals surface area (Å²) in [6.45, 7) is 2.51. The molecule has 0 atom stereocenters. The number of carbonyl (C=O) groups excluding carboxylic acids is 1. The monoisotopic (exact) mass is 544 g/mol. The summed E-state index contributed by atoms with van der Waals surface area (Å²) in [6.07, 6.45) is 0. The number of likely N-dealkylation sites (tertiary alicyclic amines) is 1. The summed E-state index contributed by atoms with van der Waals surface area (Å²) in [7, 11) is 0. The molecule has 1 fully saturated rings. The minimum atomic E-state index is -0.0254. The Morgan fingerprint density at radius 2 is 1.43 bits per heavy atom. The molecule has 0 aromatic heterocycles. The minimum absolute atomic E-state index is 0.0254. The number of amides is 1. The fraction of sp³-hybridized carbons (Fsp3) is 0.171. The van der Waals surface area contributed by atoms with Crippen molar-refractivity contribution in [1.82, 2.24) is 4.90 Å². The molecule has 5 aromatic rings. The first kappa shape index (κ1) is 24.9. The highest BCUT2D eigenvalue weighted by molar-refractivity contribution is 6.34. The standard InChI is InChI=1S/C35H29ClN2O2/c36-31-19-32-33(18-30(31)29-17-9-15-25-10-7-8-16-28(25)29)40-23-34(39)38(32)22-24-20-37(21-24)35(26-11-3-1-4-12-26)27-13-5-2-6-14-27/h1-19,24,35H,20-23H2. The van der Waals surface area contributed by atoms with Gasteiger partial charge in [0.1, 0.15) is 5.75 Å². The first-order valence-corrected chi connectivity index (χ1v) is 14.1. The van der Waals surface area contributed by atoms with E-state index in [2.05, 4.69) is 89.8 Å². The third kappa shape index (κ3) is 4.53. The highest BCUT2D eigenvalue weighted by Gasteiger charge is 2.37. The number of ether oxygens (including phenoxy) is 1. The van der Waals surface area contributed by atoms with Crippen molar-refractivity contribution in [2.45, 2.75) is 6.04 Å². The normalized spacial score (nSPS) is 15.7. The van der Waals surface area contributed by atoms with Crippen LogP contribution in [-0.2, 0) is 4.79 Å². The molecule has 2 heterocycles. The average molecular weight is 545 g/mol. The van der Waals surface area contributed by atoms with Crippen LogP contribution in [0, 0.1) is 5.92 Å². The molecule has 7 rings (SSSR count). The van der Waals surface area contributed by atoms with Crippen molar-refractivity contribution in [3.8, 4) is 16.9 Å². The molecular weight excluding hydrogens is 516 g/mol. The zero-order valence-corrected chi connectivity index (χ0v) is 22.8. The molecule has 198 valence electrons. The van der Waals surface area contributed by atoms with Gasteiger partial charge >= 0.3 is 0 Å². The van der Waals surface area contributed by atoms with Gasteiger partial charge in [-0.1, -0.05) is 115 Å². The number of hydrogen-bond donors (Lipinski definition) is 0. The molecule has 5 heteroatoms. The maximum atomic E-state index is 13.1. The van der Waals surface area contributed by atoms with E-state index < -0.39 is 0 Å². The number of halogens is 1. The molecular formula is C35H29ClN2O2. The topological polar surface area (TPSA) is 32.8 Å². The van der Waals surface area contributed by atoms with Crippen LogP contribution in [-0.4, -0.2) is 37.0 Å². The first-order chi connectivity index (χ1) is 19.7. The van der Waals surface area contributed by atoms with Crippen molar-refractivity contribution in [3.05, 3.63) is 131 Å². The van der Waals surface area contributed by atoms with Crippen molar-refractivity contribution in [1.29, 1.82) is 0 Å². The molecule has 2 aliphatic heterocycles. The van der Waals surface area contributed by atoms with Gasteiger partial charge in [-0.25, -0.2) is 0 Å². The van der Waals surface area contributed by atoms with Crippen LogP contribution in [0.2, 0.25) is 5.02 Å². The zero-order chi connectivity index (χ0) is 27.1. The first-order valence-electron chi connectivity index (χ1n) is 13.7. The number of carbonyl (C=O) groups is 1. The number of hydrogen-bond acceptors (Lipinski definition) is 3. The summed E-state index contributed by atoms with van der Waals surface area (Å²) in [5.74, 6) is 1.04. The van der Waals surface area contributed by atoms with E-state index in [1.165, 1.54) is 11.1 Å². The summed E-state index contributed by atoms with van der Waals surface area (Å²) in [4.78, 5) is 17.4. The quantitative estimate of drug-likeness (QED) is 0.220. The molecule has 0 N–H and O–H groups in total. The van der Waals surface area contributed by atoms with E-state index in [0.29, 0.717) is 23.2 Å². The number of rotatable bonds is 6. The Bertz CT molecular complexity index is 1640. The Labute approximate surface area is 239 Å². The lowest BCUT2D eigenvalue weighted by Crippen LogP contribution is -2.54. The van der Waals surface area contributed by atoms with Crippen LogP contribution in [0.1, 0.15) is 17.2 Å². The Hall–Kier alpha value is -4.12. The van der Waals surface area contributed by atoms with Gasteiger partial charge in [-0.3, -0.25) is 9.69 Å². The lowest BCUT2D eigenvalue weighted by Gasteiger charge is -2.46. The van der Waals surface area contributed by atoms with Gasteiger partial charge in [-0.2, -0.15) is 0 Å². The van der Waals surface area contributed by atoms with Gasteiger partial charge in [-0.05, 0) is 39.6 Å². The largest absolute Gasteiger partial charge is 0.482 e. The third-order valence-corrected chi connectivity index (χ3v) is 8.41. The van der Waals surface area contributed by atoms with Gasteiger partial charge in [0.25, 0.3) is 5.91 Å². The van der Waals surface area contributed by atoms with Gasteiger partial charge in [0.2, 0.25) is 0 Å². The van der Waals surface area contributed by atoms with Crippen molar-refractivity contribution in [3.63, 3.8) is 0 Å². The minimum Gasteiger partial charge on any atom is -0.482 e. The van der Waals surface area contributed by atoms with E-state index >= 15 is 0 Å².